The highest BCUT2D eigenvalue weighted by Crippen LogP contribution is 2.35. The van der Waals surface area contributed by atoms with Gasteiger partial charge in [-0.2, -0.15) is 0 Å². The molecule has 9 amide bonds. The molecule has 1 aliphatic heterocycles. The lowest BCUT2D eigenvalue weighted by molar-refractivity contribution is -0.121. The molecular formula is C80H100ClN21O19. The van der Waals surface area contributed by atoms with Gasteiger partial charge in [-0.15, -0.1) is 10.2 Å². The van der Waals surface area contributed by atoms with Gasteiger partial charge in [-0.25, -0.2) is 15.0 Å². The van der Waals surface area contributed by atoms with E-state index in [1.807, 2.05) is 41.8 Å². The zero-order valence-corrected chi connectivity index (χ0v) is 69.0. The molecule has 40 nitrogen and oxygen atoms in total. The van der Waals surface area contributed by atoms with Gasteiger partial charge in [-0.05, 0) is 73.7 Å². The van der Waals surface area contributed by atoms with Gasteiger partial charge in [0.2, 0.25) is 35.3 Å². The molecule has 0 aliphatic carbocycles. The number of imidazole rings is 3. The normalized spacial score (nSPS) is 12.2. The van der Waals surface area contributed by atoms with Gasteiger partial charge in [0.05, 0.1) is 142 Å². The summed E-state index contributed by atoms with van der Waals surface area (Å²) in [6.45, 7) is 8.42. The number of aliphatic imine (C=N–C) groups is 1. The molecule has 7 heterocycles. The first-order valence-electron chi connectivity index (χ1n) is 38.9. The Bertz CT molecular complexity index is 5010. The summed E-state index contributed by atoms with van der Waals surface area (Å²) in [5.74, 6) is -1.43. The van der Waals surface area contributed by atoms with Gasteiger partial charge < -0.3 is 118 Å². The fraction of sp³-hybridized carbons (Fsp3) is 0.412. The molecule has 9 N–H and O–H groups in total. The highest BCUT2D eigenvalue weighted by atomic mass is 35.5. The minimum absolute atomic E-state index is 0.00507. The molecule has 0 radical (unpaired) electrons. The summed E-state index contributed by atoms with van der Waals surface area (Å²) >= 11 is 6.25. The Labute approximate surface area is 701 Å². The van der Waals surface area contributed by atoms with E-state index in [0.717, 1.165) is 16.8 Å². The van der Waals surface area contributed by atoms with E-state index in [2.05, 4.69) is 73.0 Å². The lowest BCUT2D eigenvalue weighted by Crippen LogP contribution is -2.33. The Morgan fingerprint density at radius 3 is 1.40 bits per heavy atom. The highest BCUT2D eigenvalue weighted by Gasteiger charge is 2.31. The molecule has 121 heavy (non-hydrogen) atoms. The standard InChI is InChI=1S/C80H100ClN21O19/c1-52-95-96-72-61(90-71(53-8-10-54(81)11-9-53)60-46-59(112-7)16-17-62(60)102(52)72)47-70(106)87-55-12-14-58(15-13-55)121-43-42-120-41-40-119-39-38-118-37-36-117-35-34-116-33-32-115-31-30-114-29-28-113-27-25-82-67(103)18-21-86-78(109)74-93-65(50-100(74)5)91-68(104)19-22-85-77(108)64-45-57(49-99(64)4)89-80(111)75-94-66(51-101(75)6)92-69(105)20-23-84-76(107)63-44-56(48-98(63)3)88-79(110)73-83-24-26-97(73)2/h8-17,24,26,44-46,48-51,61H,18-23,25,27-43,47H2,1-7H3,(H,82,103)(H,84,107)(H,85,108)(H,86,109)(H,87,106)(H,88,110)(H,89,111)(H,91,104)(H,92,105)/t61-/m0/s1. The number of hydrogen-bond acceptors (Lipinski definition) is 25. The van der Waals surface area contributed by atoms with Gasteiger partial charge in [0, 0.05) is 140 Å². The molecule has 0 saturated carbocycles. The number of nitrogens with zero attached hydrogens (tertiary/aromatic N) is 12. The first-order valence-corrected chi connectivity index (χ1v) is 39.2. The number of halogens is 1. The number of methoxy groups -OCH3 is 1. The fourth-order valence-electron chi connectivity index (χ4n) is 12.1. The van der Waals surface area contributed by atoms with Crippen molar-refractivity contribution in [3.05, 3.63) is 173 Å². The molecule has 0 unspecified atom stereocenters. The molecule has 0 saturated heterocycles. The van der Waals surface area contributed by atoms with Crippen LogP contribution in [-0.4, -0.2) is 257 Å². The van der Waals surface area contributed by atoms with Gasteiger partial charge in [-0.3, -0.25) is 52.7 Å². The largest absolute Gasteiger partial charge is 0.497 e. The third kappa shape index (κ3) is 28.0. The van der Waals surface area contributed by atoms with Crippen molar-refractivity contribution >= 4 is 99.2 Å². The first-order chi connectivity index (χ1) is 58.6. The first kappa shape index (κ1) is 90.8. The predicted octanol–water partition coefficient (Wildman–Crippen LogP) is 4.51. The number of aryl methyl sites for hydroxylation is 6. The van der Waals surface area contributed by atoms with E-state index in [4.69, 9.17) is 64.0 Å². The molecule has 41 heteroatoms. The number of fused-ring (bicyclic) bond motifs is 3. The van der Waals surface area contributed by atoms with Crippen LogP contribution in [0.2, 0.25) is 5.02 Å². The van der Waals surface area contributed by atoms with Gasteiger partial charge in [0.15, 0.2) is 23.3 Å². The quantitative estimate of drug-likeness (QED) is 0.0237. The van der Waals surface area contributed by atoms with E-state index in [9.17, 15) is 43.2 Å². The van der Waals surface area contributed by atoms with Crippen molar-refractivity contribution in [2.24, 2.45) is 40.2 Å². The zero-order chi connectivity index (χ0) is 86.0. The van der Waals surface area contributed by atoms with Crippen molar-refractivity contribution in [3.8, 4) is 17.2 Å². The number of benzene rings is 3. The van der Waals surface area contributed by atoms with E-state index in [1.54, 1.807) is 95.7 Å². The van der Waals surface area contributed by atoms with Crippen LogP contribution in [-0.2, 0) is 92.3 Å². The monoisotopic (exact) mass is 1690 g/mol. The predicted molar refractivity (Wildman–Crippen MR) is 442 cm³/mol. The Balaban J connectivity index is 0.467. The summed E-state index contributed by atoms with van der Waals surface area (Å²) in [6.07, 6.45) is 8.81. The number of rotatable bonds is 51. The van der Waals surface area contributed by atoms with Crippen molar-refractivity contribution in [2.75, 3.05) is 172 Å². The Morgan fingerprint density at radius 2 is 0.901 bits per heavy atom. The Kier molecular flexibility index (Phi) is 35.0. The smallest absolute Gasteiger partial charge is 0.291 e. The molecule has 10 rings (SSSR count). The third-order valence-corrected chi connectivity index (χ3v) is 18.3. The Hall–Kier alpha value is -12.5. The molecule has 6 aromatic heterocycles. The summed E-state index contributed by atoms with van der Waals surface area (Å²) < 4.78 is 65.3. The van der Waals surface area contributed by atoms with Crippen molar-refractivity contribution in [3.63, 3.8) is 0 Å². The van der Waals surface area contributed by atoms with Crippen LogP contribution in [0.4, 0.5) is 28.7 Å². The molecule has 0 spiro atoms. The van der Waals surface area contributed by atoms with Crippen LogP contribution in [0.3, 0.4) is 0 Å². The highest BCUT2D eigenvalue weighted by molar-refractivity contribution is 6.30. The third-order valence-electron chi connectivity index (χ3n) is 18.1. The van der Waals surface area contributed by atoms with Crippen LogP contribution in [0.25, 0.3) is 5.69 Å². The van der Waals surface area contributed by atoms with Gasteiger partial charge in [0.25, 0.3) is 29.5 Å². The SMILES string of the molecule is COc1ccc2c(c1)C(c1ccc(Cl)cc1)=N[C@@H](CC(=O)Nc1ccc(OCCOCCOCCOCCOCCOCCOCCOCCOCCNC(=O)CCNC(=O)c3nc(NC(=O)CCNC(=O)c4cc(NC(=O)c5nc(NC(=O)CCNC(=O)c6cc(NC(=O)c7nccn7C)cn6C)cn5C)cn4C)cn3C)cc1)c1nnc(C)n1-2. The van der Waals surface area contributed by atoms with E-state index < -0.39 is 47.4 Å². The summed E-state index contributed by atoms with van der Waals surface area (Å²) in [4.78, 5) is 134. The molecule has 0 bridgehead atoms. The maximum absolute atomic E-state index is 13.6. The van der Waals surface area contributed by atoms with Gasteiger partial charge >= 0.3 is 0 Å². The molecule has 646 valence electrons. The average molecular weight is 1700 g/mol. The summed E-state index contributed by atoms with van der Waals surface area (Å²) in [7, 11) is 9.65. The molecule has 1 aliphatic rings. The zero-order valence-electron chi connectivity index (χ0n) is 68.2. The van der Waals surface area contributed by atoms with Crippen molar-refractivity contribution in [2.45, 2.75) is 38.6 Å². The van der Waals surface area contributed by atoms with E-state index >= 15 is 0 Å². The number of amides is 9. The lowest BCUT2D eigenvalue weighted by Gasteiger charge is -2.14. The number of aromatic nitrogens is 11. The van der Waals surface area contributed by atoms with E-state index in [0.29, 0.717) is 151 Å². The number of carbonyl (C=O) groups is 9. The van der Waals surface area contributed by atoms with E-state index in [1.165, 1.54) is 55.2 Å². The van der Waals surface area contributed by atoms with Crippen LogP contribution >= 0.6 is 11.6 Å². The lowest BCUT2D eigenvalue weighted by atomic mass is 10.00. The van der Waals surface area contributed by atoms with Gasteiger partial charge in [0.1, 0.15) is 41.4 Å². The van der Waals surface area contributed by atoms with Crippen molar-refractivity contribution in [1.82, 2.24) is 73.8 Å². The van der Waals surface area contributed by atoms with E-state index in [-0.39, 0.29) is 116 Å². The number of ether oxygens (including phenoxy) is 10. The summed E-state index contributed by atoms with van der Waals surface area (Å²) in [5.41, 5.74) is 4.77. The molecular weight excluding hydrogens is 1590 g/mol. The summed E-state index contributed by atoms with van der Waals surface area (Å²) in [6, 6.07) is 22.5. The minimum atomic E-state index is -0.655. The Morgan fingerprint density at radius 1 is 0.430 bits per heavy atom. The van der Waals surface area contributed by atoms with Crippen LogP contribution in [0, 0.1) is 6.92 Å². The molecule has 9 aromatic rings. The van der Waals surface area contributed by atoms with Crippen molar-refractivity contribution < 1.29 is 90.5 Å². The minimum Gasteiger partial charge on any atom is -0.497 e. The van der Waals surface area contributed by atoms with Crippen LogP contribution in [0.5, 0.6) is 11.5 Å². The molecule has 0 fully saturated rings. The topological polar surface area (TPSA) is 461 Å². The second kappa shape index (κ2) is 46.7. The second-order valence-corrected chi connectivity index (χ2v) is 27.6. The fourth-order valence-corrected chi connectivity index (χ4v) is 12.2. The number of nitrogens with one attached hydrogen (secondary N) is 9. The maximum atomic E-state index is 13.6. The van der Waals surface area contributed by atoms with Crippen molar-refractivity contribution in [1.29, 1.82) is 0 Å². The number of anilines is 5. The maximum Gasteiger partial charge on any atom is 0.291 e. The average Bonchev–Trinajstić information content (AvgIpc) is 1.64. The molecule has 1 atom stereocenters. The van der Waals surface area contributed by atoms with Crippen LogP contribution in [0.15, 0.2) is 121 Å². The summed E-state index contributed by atoms with van der Waals surface area (Å²) in [5, 5.41) is 33.7. The molecule has 3 aromatic carbocycles. The van der Waals surface area contributed by atoms with Crippen LogP contribution in [0.1, 0.15) is 107 Å². The number of hydrogen-bond donors (Lipinski definition) is 9. The number of carbonyl (C=O) groups excluding carboxylic acids is 9. The second-order valence-electron chi connectivity index (χ2n) is 27.2. The van der Waals surface area contributed by atoms with Gasteiger partial charge in [-0.1, -0.05) is 23.7 Å². The van der Waals surface area contributed by atoms with Crippen LogP contribution < -0.4 is 57.3 Å².